The molecule has 0 fully saturated rings. The Balaban J connectivity index is 2.38. The maximum Gasteiger partial charge on any atom is 0.0233 e. The number of hydrogen-bond donors (Lipinski definition) is 0. The minimum Gasteiger partial charge on any atom is -0.301 e. The molecule has 0 spiro atoms. The summed E-state index contributed by atoms with van der Waals surface area (Å²) in [7, 11) is 2.21. The van der Waals surface area contributed by atoms with Crippen LogP contribution < -0.4 is 0 Å². The lowest BCUT2D eigenvalue weighted by molar-refractivity contribution is 0.253. The van der Waals surface area contributed by atoms with Crippen LogP contribution in [0.25, 0.3) is 0 Å². The van der Waals surface area contributed by atoms with Gasteiger partial charge in [-0.05, 0) is 30.0 Å². The van der Waals surface area contributed by atoms with Crippen molar-refractivity contribution in [2.75, 3.05) is 13.6 Å². The molecule has 1 aliphatic heterocycles. The minimum atomic E-state index is 0.713. The number of rotatable bonds is 1. The third kappa shape index (κ3) is 1.69. The van der Waals surface area contributed by atoms with Crippen molar-refractivity contribution in [2.24, 2.45) is 5.92 Å². The zero-order chi connectivity index (χ0) is 10.1. The fourth-order valence-corrected chi connectivity index (χ4v) is 2.40. The van der Waals surface area contributed by atoms with E-state index in [2.05, 4.69) is 50.1 Å². The molecule has 0 saturated heterocycles. The molecule has 0 saturated carbocycles. The van der Waals surface area contributed by atoms with Crippen molar-refractivity contribution in [1.82, 2.24) is 4.90 Å². The highest BCUT2D eigenvalue weighted by molar-refractivity contribution is 5.33. The first-order chi connectivity index (χ1) is 6.68. The third-order valence-corrected chi connectivity index (χ3v) is 3.21. The van der Waals surface area contributed by atoms with Crippen LogP contribution in [0, 0.1) is 5.92 Å². The van der Waals surface area contributed by atoms with Gasteiger partial charge in [0, 0.05) is 13.1 Å². The van der Waals surface area contributed by atoms with Gasteiger partial charge in [0.25, 0.3) is 0 Å². The summed E-state index contributed by atoms with van der Waals surface area (Å²) in [5.41, 5.74) is 3.08. The lowest BCUT2D eigenvalue weighted by atomic mass is 9.83. The molecule has 14 heavy (non-hydrogen) atoms. The lowest BCUT2D eigenvalue weighted by Gasteiger charge is -2.34. The molecule has 0 aromatic heterocycles. The summed E-state index contributed by atoms with van der Waals surface area (Å²) in [6, 6.07) is 8.88. The Hall–Kier alpha value is -0.820. The van der Waals surface area contributed by atoms with E-state index in [1.165, 1.54) is 12.1 Å². The molecule has 0 bridgehead atoms. The molecule has 76 valence electrons. The van der Waals surface area contributed by atoms with Crippen molar-refractivity contribution < 1.29 is 0 Å². The topological polar surface area (TPSA) is 3.24 Å². The van der Waals surface area contributed by atoms with Crippen LogP contribution in [0.15, 0.2) is 24.3 Å². The molecule has 0 unspecified atom stereocenters. The fourth-order valence-electron chi connectivity index (χ4n) is 2.40. The predicted octanol–water partition coefficient (Wildman–Crippen LogP) is 2.87. The van der Waals surface area contributed by atoms with E-state index in [0.29, 0.717) is 5.92 Å². The highest BCUT2D eigenvalue weighted by Gasteiger charge is 2.24. The molecule has 1 atom stereocenters. The summed E-state index contributed by atoms with van der Waals surface area (Å²) >= 11 is 0. The van der Waals surface area contributed by atoms with E-state index in [-0.39, 0.29) is 0 Å². The van der Waals surface area contributed by atoms with E-state index in [1.54, 1.807) is 5.56 Å². The largest absolute Gasteiger partial charge is 0.301 e. The first-order valence-electron chi connectivity index (χ1n) is 5.45. The molecule has 0 aliphatic carbocycles. The number of hydrogen-bond acceptors (Lipinski definition) is 1. The van der Waals surface area contributed by atoms with E-state index < -0.39 is 0 Å². The maximum atomic E-state index is 2.42. The third-order valence-electron chi connectivity index (χ3n) is 3.21. The van der Waals surface area contributed by atoms with Crippen molar-refractivity contribution >= 4 is 0 Å². The van der Waals surface area contributed by atoms with Crippen molar-refractivity contribution in [1.29, 1.82) is 0 Å². The Morgan fingerprint density at radius 1 is 1.29 bits per heavy atom. The molecule has 1 aromatic carbocycles. The Morgan fingerprint density at radius 2 is 2.00 bits per heavy atom. The van der Waals surface area contributed by atoms with Crippen LogP contribution in [0.5, 0.6) is 0 Å². The van der Waals surface area contributed by atoms with Gasteiger partial charge in [-0.3, -0.25) is 0 Å². The fraction of sp³-hybridized carbons (Fsp3) is 0.538. The van der Waals surface area contributed by atoms with Crippen LogP contribution in [0.2, 0.25) is 0 Å². The molecular formula is C13H19N. The van der Waals surface area contributed by atoms with E-state index in [1.807, 2.05) is 0 Å². The molecule has 1 heterocycles. The summed E-state index contributed by atoms with van der Waals surface area (Å²) in [6.07, 6.45) is 0. The summed E-state index contributed by atoms with van der Waals surface area (Å²) in [5.74, 6) is 1.45. The van der Waals surface area contributed by atoms with Crippen LogP contribution >= 0.6 is 0 Å². The molecule has 0 amide bonds. The standard InChI is InChI=1S/C13H19N/c1-10(2)13-9-14(3)8-11-6-4-5-7-12(11)13/h4-7,10,13H,8-9H2,1-3H3/t13-/m0/s1. The molecule has 2 rings (SSSR count). The Morgan fingerprint density at radius 3 is 2.71 bits per heavy atom. The second kappa shape index (κ2) is 3.74. The van der Waals surface area contributed by atoms with E-state index in [0.717, 1.165) is 12.5 Å². The van der Waals surface area contributed by atoms with E-state index in [9.17, 15) is 0 Å². The summed E-state index contributed by atoms with van der Waals surface area (Å²) < 4.78 is 0. The van der Waals surface area contributed by atoms with Crippen molar-refractivity contribution in [3.8, 4) is 0 Å². The van der Waals surface area contributed by atoms with Crippen LogP contribution in [0.1, 0.15) is 30.9 Å². The zero-order valence-electron chi connectivity index (χ0n) is 9.33. The summed E-state index contributed by atoms with van der Waals surface area (Å²) in [5, 5.41) is 0. The Bertz CT molecular complexity index is 317. The van der Waals surface area contributed by atoms with Gasteiger partial charge in [0.2, 0.25) is 0 Å². The van der Waals surface area contributed by atoms with E-state index in [4.69, 9.17) is 0 Å². The second-order valence-corrected chi connectivity index (χ2v) is 4.75. The van der Waals surface area contributed by atoms with Gasteiger partial charge in [0.05, 0.1) is 0 Å². The van der Waals surface area contributed by atoms with Crippen LogP contribution in [0.4, 0.5) is 0 Å². The molecule has 1 heteroatoms. The van der Waals surface area contributed by atoms with Gasteiger partial charge < -0.3 is 4.90 Å². The Kier molecular flexibility index (Phi) is 2.60. The van der Waals surface area contributed by atoms with Gasteiger partial charge in [-0.25, -0.2) is 0 Å². The normalized spacial score (nSPS) is 22.4. The van der Waals surface area contributed by atoms with Crippen LogP contribution in [0.3, 0.4) is 0 Å². The van der Waals surface area contributed by atoms with Gasteiger partial charge >= 0.3 is 0 Å². The first kappa shape index (κ1) is 9.72. The van der Waals surface area contributed by atoms with Crippen LogP contribution in [-0.4, -0.2) is 18.5 Å². The average molecular weight is 189 g/mol. The van der Waals surface area contributed by atoms with Crippen molar-refractivity contribution in [3.63, 3.8) is 0 Å². The summed E-state index contributed by atoms with van der Waals surface area (Å²) in [6.45, 7) is 6.95. The van der Waals surface area contributed by atoms with Crippen molar-refractivity contribution in [3.05, 3.63) is 35.4 Å². The van der Waals surface area contributed by atoms with Gasteiger partial charge in [-0.15, -0.1) is 0 Å². The van der Waals surface area contributed by atoms with Gasteiger partial charge in [-0.2, -0.15) is 0 Å². The molecule has 1 aromatic rings. The SMILES string of the molecule is CC(C)[C@@H]1CN(C)Cc2ccccc21. The van der Waals surface area contributed by atoms with E-state index >= 15 is 0 Å². The quantitative estimate of drug-likeness (QED) is 0.656. The average Bonchev–Trinajstić information content (AvgIpc) is 2.16. The smallest absolute Gasteiger partial charge is 0.0233 e. The van der Waals surface area contributed by atoms with Crippen LogP contribution in [-0.2, 0) is 6.54 Å². The highest BCUT2D eigenvalue weighted by Crippen LogP contribution is 2.32. The number of benzene rings is 1. The monoisotopic (exact) mass is 189 g/mol. The highest BCUT2D eigenvalue weighted by atomic mass is 15.1. The lowest BCUT2D eigenvalue weighted by Crippen LogP contribution is -2.32. The molecular weight excluding hydrogens is 170 g/mol. The molecule has 0 radical (unpaired) electrons. The first-order valence-corrected chi connectivity index (χ1v) is 5.45. The molecule has 0 N–H and O–H groups in total. The number of fused-ring (bicyclic) bond motifs is 1. The molecule has 1 nitrogen and oxygen atoms in total. The van der Waals surface area contributed by atoms with Gasteiger partial charge in [-0.1, -0.05) is 38.1 Å². The second-order valence-electron chi connectivity index (χ2n) is 4.75. The Labute approximate surface area is 86.7 Å². The summed E-state index contributed by atoms with van der Waals surface area (Å²) in [4.78, 5) is 2.42. The number of likely N-dealkylation sites (N-methyl/N-ethyl adjacent to an activating group) is 1. The van der Waals surface area contributed by atoms with Crippen molar-refractivity contribution in [2.45, 2.75) is 26.3 Å². The maximum absolute atomic E-state index is 2.42. The minimum absolute atomic E-state index is 0.713. The van der Waals surface area contributed by atoms with Gasteiger partial charge in [0.1, 0.15) is 0 Å². The molecule has 1 aliphatic rings. The zero-order valence-corrected chi connectivity index (χ0v) is 9.33. The predicted molar refractivity (Wildman–Crippen MR) is 60.4 cm³/mol. The number of nitrogens with zero attached hydrogens (tertiary/aromatic N) is 1. The van der Waals surface area contributed by atoms with Gasteiger partial charge in [0.15, 0.2) is 0 Å².